The Bertz CT molecular complexity index is 2010. The van der Waals surface area contributed by atoms with Gasteiger partial charge in [0.1, 0.15) is 12.2 Å². The van der Waals surface area contributed by atoms with Crippen LogP contribution in [0.2, 0.25) is 0 Å². The zero-order valence-electron chi connectivity index (χ0n) is 47.3. The number of aliphatic hydroxyl groups excluding tert-OH is 2. The van der Waals surface area contributed by atoms with Crippen LogP contribution in [0.3, 0.4) is 0 Å². The van der Waals surface area contributed by atoms with Gasteiger partial charge in [-0.3, -0.25) is 9.59 Å². The summed E-state index contributed by atoms with van der Waals surface area (Å²) in [4.78, 5) is 170. The highest BCUT2D eigenvalue weighted by molar-refractivity contribution is 6.01. The van der Waals surface area contributed by atoms with Gasteiger partial charge in [-0.25, -0.2) is 85.9 Å². The first kappa shape index (κ1) is 117. The quantitative estimate of drug-likeness (QED) is 0.158. The molecule has 4 aliphatic carbocycles. The van der Waals surface area contributed by atoms with Gasteiger partial charge < -0.3 is 189 Å². The molecule has 0 aliphatic heterocycles. The fourth-order valence-electron chi connectivity index (χ4n) is 7.26. The molecular weight excluding hydrogens is 1380 g/mol. The second-order valence-electron chi connectivity index (χ2n) is 14.6. The number of alkyl halides is 1. The van der Waals surface area contributed by atoms with Crippen LogP contribution in [-0.2, 0) is 9.59 Å². The Morgan fingerprint density at radius 2 is 0.604 bits per heavy atom. The van der Waals surface area contributed by atoms with E-state index in [4.69, 9.17) is 255 Å². The van der Waals surface area contributed by atoms with Crippen LogP contribution in [-0.4, -0.2) is 329 Å². The Labute approximate surface area is 523 Å². The fourth-order valence-corrected chi connectivity index (χ4v) is 7.26. The Hall–Kier alpha value is -13.8. The van der Waals surface area contributed by atoms with E-state index in [2.05, 4.69) is 0 Å². The number of halogens is 1. The highest BCUT2D eigenvalue weighted by Gasteiger charge is 2.75. The first-order valence-corrected chi connectivity index (χ1v) is 21.2. The van der Waals surface area contributed by atoms with Gasteiger partial charge in [0.2, 0.25) is 0 Å². The van der Waals surface area contributed by atoms with E-state index in [0.29, 0.717) is 24.8 Å². The van der Waals surface area contributed by atoms with E-state index in [1.807, 2.05) is 0 Å². The molecule has 4 aliphatic rings. The van der Waals surface area contributed by atoms with E-state index >= 15 is 4.39 Å². The number of aliphatic hydroxyl groups is 3. The maximum absolute atomic E-state index is 16.9. The summed E-state index contributed by atoms with van der Waals surface area (Å²) in [5.41, 5.74) is -5.17. The van der Waals surface area contributed by atoms with Gasteiger partial charge in [0.05, 0.1) is 6.10 Å². The molecule has 57 heteroatoms. The minimum absolute atomic E-state index is 0.0676. The molecule has 0 heterocycles. The lowest BCUT2D eigenvalue weighted by atomic mass is 9.44. The fraction of sp³-hybridized carbons (Fsp3) is 0.410. The Balaban J connectivity index is -0.0000000690. The number of rotatable bonds is 2. The van der Waals surface area contributed by atoms with Crippen LogP contribution in [0, 0.1) is 28.6 Å². The number of carbonyl (C=O) groups is 19. The molecule has 3 fully saturated rings. The summed E-state index contributed by atoms with van der Waals surface area (Å²) in [5, 5.41) is 269. The number of fused-ring (bicyclic) bond motifs is 5. The molecular formula is C39H63FO56. The second kappa shape index (κ2) is 64.2. The third kappa shape index (κ3) is 102. The van der Waals surface area contributed by atoms with E-state index in [0.717, 1.165) is 0 Å². The molecule has 0 radical (unpaired) electrons. The Morgan fingerprint density at radius 1 is 0.406 bits per heavy atom. The highest BCUT2D eigenvalue weighted by atomic mass is 19.1. The van der Waals surface area contributed by atoms with Crippen molar-refractivity contribution in [3.8, 4) is 0 Å². The lowest BCUT2D eigenvalue weighted by molar-refractivity contribution is -0.219. The first-order chi connectivity index (χ1) is 42.4. The number of carboxylic acid groups (broad SMARTS) is 34. The summed E-state index contributed by atoms with van der Waals surface area (Å²) >= 11 is 0. The summed E-state index contributed by atoms with van der Waals surface area (Å²) in [6.45, 7) is 4.48. The van der Waals surface area contributed by atoms with Crippen molar-refractivity contribution < 1.29 is 284 Å². The van der Waals surface area contributed by atoms with Crippen LogP contribution < -0.4 is 0 Å². The lowest BCUT2D eigenvalue weighted by Crippen LogP contribution is -2.69. The third-order valence-corrected chi connectivity index (χ3v) is 8.79. The Morgan fingerprint density at radius 3 is 0.792 bits per heavy atom. The molecule has 0 bridgehead atoms. The molecule has 0 aromatic heterocycles. The second-order valence-corrected chi connectivity index (χ2v) is 14.6. The highest BCUT2D eigenvalue weighted by Crippen LogP contribution is 2.70. The summed E-state index contributed by atoms with van der Waals surface area (Å²) < 4.78 is 16.9. The van der Waals surface area contributed by atoms with Crippen LogP contribution >= 0.6 is 0 Å². The van der Waals surface area contributed by atoms with Crippen LogP contribution in [0.5, 0.6) is 0 Å². The van der Waals surface area contributed by atoms with Gasteiger partial charge in [-0.05, 0) is 56.6 Å². The van der Waals surface area contributed by atoms with Crippen molar-refractivity contribution in [2.45, 2.75) is 63.8 Å². The summed E-state index contributed by atoms with van der Waals surface area (Å²) in [5.74, 6) is -2.12. The molecule has 562 valence electrons. The van der Waals surface area contributed by atoms with Crippen LogP contribution in [0.1, 0.15) is 46.5 Å². The lowest BCUT2D eigenvalue weighted by Gasteiger charge is -2.62. The van der Waals surface area contributed by atoms with Crippen molar-refractivity contribution in [1.29, 1.82) is 0 Å². The van der Waals surface area contributed by atoms with Crippen molar-refractivity contribution in [3.63, 3.8) is 0 Å². The maximum atomic E-state index is 16.9. The average Bonchev–Trinajstić information content (AvgIpc) is 3.47. The normalized spacial score (nSPS) is 19.6. The van der Waals surface area contributed by atoms with Crippen LogP contribution in [0.15, 0.2) is 23.8 Å². The predicted molar refractivity (Wildman–Crippen MR) is 281 cm³/mol. The van der Waals surface area contributed by atoms with Crippen molar-refractivity contribution in [3.05, 3.63) is 23.8 Å². The van der Waals surface area contributed by atoms with E-state index in [1.165, 1.54) is 12.2 Å². The molecule has 3 saturated carbocycles. The monoisotopic (exact) mass is 1450 g/mol. The minimum atomic E-state index is -1.98. The molecule has 0 unspecified atom stereocenters. The van der Waals surface area contributed by atoms with Gasteiger partial charge in [-0.1, -0.05) is 25.5 Å². The zero-order valence-corrected chi connectivity index (χ0v) is 47.3. The molecule has 0 aromatic rings. The molecule has 4 rings (SSSR count). The number of allylic oxidation sites excluding steroid dienone is 4. The van der Waals surface area contributed by atoms with Crippen LogP contribution in [0.4, 0.5) is 85.9 Å². The average molecular weight is 1450 g/mol. The van der Waals surface area contributed by atoms with Gasteiger partial charge in [0.15, 0.2) is 17.2 Å². The molecule has 8 atom stereocenters. The number of ketones is 2. The molecule has 0 spiro atoms. The van der Waals surface area contributed by atoms with Crippen LogP contribution in [0.25, 0.3) is 0 Å². The standard InChI is InChI=1S/C22H29FO5.17CH2O3/c1-12-8-16-15-5-4-13-9-14(25)6-7-19(13,2)21(15,23)17(26)10-20(16,3)22(12,28)18(27)11-24;17*2-1(3)4/h6-7,9,12,15-17,24,26,28H,4-5,8,10-11H2,1-3H3;17*(H2,2,3,4)/t12-,15+,16+,17+,19+,20+,21+,22+;;;;;;;;;;;;;;;;;/m1................./s1. The Kier molecular flexibility index (Phi) is 78.0. The minimum Gasteiger partial charge on any atom is -0.450 e. The maximum Gasteiger partial charge on any atom is 0.503 e. The van der Waals surface area contributed by atoms with E-state index in [-0.39, 0.29) is 18.1 Å². The SMILES string of the molecule is C[C@@H]1C[C@H]2[C@@H]3CCC4=CC(=O)C=C[C@]4(C)[C@@]3(F)[C@@H](O)C[C@]2(C)[C@@]1(O)C(=O)CO.O=C(O)O.O=C(O)O.O=C(O)O.O=C(O)O.O=C(O)O.O=C(O)O.O=C(O)O.O=C(O)O.O=C(O)O.O=C(O)O.O=C(O)O.O=C(O)O.O=C(O)O.O=C(O)O.O=C(O)O.O=C(O)O.O=C(O)O. The van der Waals surface area contributed by atoms with Gasteiger partial charge in [-0.2, -0.15) is 0 Å². The van der Waals surface area contributed by atoms with E-state index in [1.54, 1.807) is 26.8 Å². The van der Waals surface area contributed by atoms with Crippen molar-refractivity contribution >= 4 is 116 Å². The van der Waals surface area contributed by atoms with E-state index in [9.17, 15) is 24.9 Å². The first-order valence-electron chi connectivity index (χ1n) is 21.2. The number of hydrogen-bond acceptors (Lipinski definition) is 22. The molecule has 56 nitrogen and oxygen atoms in total. The predicted octanol–water partition coefficient (Wildman–Crippen LogP) is 5.68. The molecule has 0 saturated heterocycles. The van der Waals surface area contributed by atoms with Gasteiger partial charge in [-0.15, -0.1) is 0 Å². The number of carbonyl (C=O) groups excluding carboxylic acids is 2. The topological polar surface area (TPSA) is 1070 Å². The summed E-state index contributed by atoms with van der Waals surface area (Å²) in [7, 11) is 0. The van der Waals surface area contributed by atoms with Crippen molar-refractivity contribution in [2.75, 3.05) is 6.61 Å². The molecule has 0 aromatic carbocycles. The number of hydrogen-bond donors (Lipinski definition) is 37. The largest absolute Gasteiger partial charge is 0.503 e. The molecule has 0 amide bonds. The number of Topliss-reactive ketones (excluding diaryl/α,β-unsaturated/α-hetero) is 1. The van der Waals surface area contributed by atoms with Gasteiger partial charge >= 0.3 is 105 Å². The van der Waals surface area contributed by atoms with Gasteiger partial charge in [0.25, 0.3) is 0 Å². The third-order valence-electron chi connectivity index (χ3n) is 8.79. The van der Waals surface area contributed by atoms with Gasteiger partial charge in [0, 0.05) is 16.7 Å². The summed E-state index contributed by atoms with van der Waals surface area (Å²) in [6.07, 6.45) is -26.7. The van der Waals surface area contributed by atoms with Crippen molar-refractivity contribution in [2.24, 2.45) is 28.6 Å². The zero-order chi connectivity index (χ0) is 81.5. The molecule has 96 heavy (non-hydrogen) atoms. The molecule has 37 N–H and O–H groups in total. The van der Waals surface area contributed by atoms with E-state index < -0.39 is 157 Å². The van der Waals surface area contributed by atoms with Crippen molar-refractivity contribution in [1.82, 2.24) is 0 Å². The smallest absolute Gasteiger partial charge is 0.450 e. The summed E-state index contributed by atoms with van der Waals surface area (Å²) in [6, 6.07) is 0.